The summed E-state index contributed by atoms with van der Waals surface area (Å²) >= 11 is 1.65. The van der Waals surface area contributed by atoms with Crippen LogP contribution in [0.5, 0.6) is 0 Å². The first kappa shape index (κ1) is 13.4. The fourth-order valence-corrected chi connectivity index (χ4v) is 3.20. The molecule has 0 radical (unpaired) electrons. The molecule has 0 amide bonds. The van der Waals surface area contributed by atoms with Crippen LogP contribution in [-0.4, -0.2) is 41.9 Å². The van der Waals surface area contributed by atoms with E-state index in [4.69, 9.17) is 5.11 Å². The largest absolute Gasteiger partial charge is 0.480 e. The van der Waals surface area contributed by atoms with Gasteiger partial charge in [0.15, 0.2) is 0 Å². The van der Waals surface area contributed by atoms with Crippen molar-refractivity contribution in [1.29, 1.82) is 0 Å². The standard InChI is InChI=1S/C13H18N2O2S/c1-15(2)7-9-3-5-10(6-4-9)12-14-11(8-18-12)13(16)17/h3-6,11-12,14H,7-8H2,1-2H3,(H,16,17). The molecule has 2 atom stereocenters. The number of thioether (sulfide) groups is 1. The Bertz CT molecular complexity index is 420. The van der Waals surface area contributed by atoms with Gasteiger partial charge in [-0.2, -0.15) is 0 Å². The van der Waals surface area contributed by atoms with E-state index in [1.165, 1.54) is 5.56 Å². The molecule has 0 bridgehead atoms. The lowest BCUT2D eigenvalue weighted by Crippen LogP contribution is -2.33. The van der Waals surface area contributed by atoms with Crippen LogP contribution in [0.3, 0.4) is 0 Å². The third kappa shape index (κ3) is 3.25. The molecule has 0 aromatic heterocycles. The van der Waals surface area contributed by atoms with Crippen LogP contribution in [0.15, 0.2) is 24.3 Å². The van der Waals surface area contributed by atoms with E-state index in [9.17, 15) is 4.79 Å². The Labute approximate surface area is 111 Å². The summed E-state index contributed by atoms with van der Waals surface area (Å²) < 4.78 is 0. The molecule has 2 rings (SSSR count). The molecule has 0 saturated carbocycles. The third-order valence-corrected chi connectivity index (χ3v) is 4.13. The molecule has 98 valence electrons. The van der Waals surface area contributed by atoms with Gasteiger partial charge in [-0.3, -0.25) is 10.1 Å². The minimum Gasteiger partial charge on any atom is -0.480 e. The Kier molecular flexibility index (Phi) is 4.27. The first-order chi connectivity index (χ1) is 8.56. The molecule has 2 N–H and O–H groups in total. The maximum absolute atomic E-state index is 10.9. The van der Waals surface area contributed by atoms with Crippen LogP contribution in [0.4, 0.5) is 0 Å². The van der Waals surface area contributed by atoms with Gasteiger partial charge in [-0.15, -0.1) is 11.8 Å². The van der Waals surface area contributed by atoms with Gasteiger partial charge in [0.25, 0.3) is 0 Å². The second-order valence-corrected chi connectivity index (χ2v) is 5.89. The van der Waals surface area contributed by atoms with Gasteiger partial charge in [-0.1, -0.05) is 24.3 Å². The molecule has 1 aromatic rings. The Hall–Kier alpha value is -1.04. The number of carboxylic acid groups (broad SMARTS) is 1. The minimum absolute atomic E-state index is 0.0968. The molecular formula is C13H18N2O2S. The molecule has 1 saturated heterocycles. The van der Waals surface area contributed by atoms with Crippen molar-refractivity contribution in [3.05, 3.63) is 35.4 Å². The van der Waals surface area contributed by atoms with E-state index in [1.54, 1.807) is 11.8 Å². The van der Waals surface area contributed by atoms with Crippen LogP contribution in [0, 0.1) is 0 Å². The number of hydrogen-bond donors (Lipinski definition) is 2. The van der Waals surface area contributed by atoms with Gasteiger partial charge in [0, 0.05) is 12.3 Å². The molecule has 4 nitrogen and oxygen atoms in total. The zero-order chi connectivity index (χ0) is 13.1. The summed E-state index contributed by atoms with van der Waals surface area (Å²) in [5.41, 5.74) is 2.41. The Morgan fingerprint density at radius 2 is 2.11 bits per heavy atom. The average molecular weight is 266 g/mol. The summed E-state index contributed by atoms with van der Waals surface area (Å²) in [6.07, 6.45) is 0. The van der Waals surface area contributed by atoms with Gasteiger partial charge in [-0.05, 0) is 25.2 Å². The summed E-state index contributed by atoms with van der Waals surface area (Å²) in [5.74, 6) is -0.145. The van der Waals surface area contributed by atoms with Crippen LogP contribution < -0.4 is 5.32 Å². The van der Waals surface area contributed by atoms with E-state index in [0.717, 1.165) is 12.1 Å². The van der Waals surface area contributed by atoms with Crippen LogP contribution in [0.25, 0.3) is 0 Å². The van der Waals surface area contributed by atoms with Crippen molar-refractivity contribution in [1.82, 2.24) is 10.2 Å². The summed E-state index contributed by atoms with van der Waals surface area (Å²) in [5, 5.41) is 12.2. The maximum atomic E-state index is 10.9. The maximum Gasteiger partial charge on any atom is 0.321 e. The fourth-order valence-electron chi connectivity index (χ4n) is 1.97. The first-order valence-electron chi connectivity index (χ1n) is 5.90. The van der Waals surface area contributed by atoms with Crippen molar-refractivity contribution in [2.24, 2.45) is 0 Å². The zero-order valence-electron chi connectivity index (χ0n) is 10.6. The second kappa shape index (κ2) is 5.73. The second-order valence-electron chi connectivity index (χ2n) is 4.75. The molecule has 1 aliphatic heterocycles. The van der Waals surface area contributed by atoms with Gasteiger partial charge in [0.1, 0.15) is 6.04 Å². The van der Waals surface area contributed by atoms with Gasteiger partial charge < -0.3 is 10.0 Å². The Morgan fingerprint density at radius 3 is 2.61 bits per heavy atom. The highest BCUT2D eigenvalue weighted by molar-refractivity contribution is 7.99. The fraction of sp³-hybridized carbons (Fsp3) is 0.462. The lowest BCUT2D eigenvalue weighted by atomic mass is 10.1. The lowest BCUT2D eigenvalue weighted by molar-refractivity contribution is -0.138. The van der Waals surface area contributed by atoms with E-state index >= 15 is 0 Å². The topological polar surface area (TPSA) is 52.6 Å². The molecule has 1 heterocycles. The Balaban J connectivity index is 2.00. The molecule has 2 unspecified atom stereocenters. The molecule has 0 aliphatic carbocycles. The number of carboxylic acids is 1. The highest BCUT2D eigenvalue weighted by Gasteiger charge is 2.30. The summed E-state index contributed by atoms with van der Waals surface area (Å²) in [7, 11) is 4.08. The van der Waals surface area contributed by atoms with Crippen molar-refractivity contribution in [2.75, 3.05) is 19.8 Å². The number of benzene rings is 1. The van der Waals surface area contributed by atoms with Gasteiger partial charge in [0.05, 0.1) is 5.37 Å². The predicted molar refractivity (Wildman–Crippen MR) is 73.6 cm³/mol. The lowest BCUT2D eigenvalue weighted by Gasteiger charge is -2.13. The van der Waals surface area contributed by atoms with E-state index in [1.807, 2.05) is 14.1 Å². The predicted octanol–water partition coefficient (Wildman–Crippen LogP) is 1.54. The van der Waals surface area contributed by atoms with Crippen LogP contribution in [0.2, 0.25) is 0 Å². The third-order valence-electron chi connectivity index (χ3n) is 2.86. The molecule has 5 heteroatoms. The summed E-state index contributed by atoms with van der Waals surface area (Å²) in [4.78, 5) is 13.0. The molecule has 1 aromatic carbocycles. The number of nitrogens with one attached hydrogen (secondary N) is 1. The zero-order valence-corrected chi connectivity index (χ0v) is 11.4. The minimum atomic E-state index is -0.769. The van der Waals surface area contributed by atoms with Crippen molar-refractivity contribution in [3.8, 4) is 0 Å². The molecule has 1 fully saturated rings. The van der Waals surface area contributed by atoms with Crippen molar-refractivity contribution < 1.29 is 9.90 Å². The summed E-state index contributed by atoms with van der Waals surface area (Å²) in [6.45, 7) is 0.920. The number of rotatable bonds is 4. The number of carbonyl (C=O) groups is 1. The van der Waals surface area contributed by atoms with E-state index in [2.05, 4.69) is 34.5 Å². The van der Waals surface area contributed by atoms with Gasteiger partial charge in [-0.25, -0.2) is 0 Å². The molecule has 1 aliphatic rings. The number of nitrogens with zero attached hydrogens (tertiary/aromatic N) is 1. The van der Waals surface area contributed by atoms with Crippen LogP contribution in [-0.2, 0) is 11.3 Å². The van der Waals surface area contributed by atoms with Crippen molar-refractivity contribution in [2.45, 2.75) is 18.0 Å². The monoisotopic (exact) mass is 266 g/mol. The molecule has 0 spiro atoms. The summed E-state index contributed by atoms with van der Waals surface area (Å²) in [6, 6.07) is 7.93. The first-order valence-corrected chi connectivity index (χ1v) is 6.95. The Morgan fingerprint density at radius 1 is 1.44 bits per heavy atom. The quantitative estimate of drug-likeness (QED) is 0.865. The van der Waals surface area contributed by atoms with E-state index in [-0.39, 0.29) is 5.37 Å². The highest BCUT2D eigenvalue weighted by Crippen LogP contribution is 2.32. The number of aliphatic carboxylic acids is 1. The van der Waals surface area contributed by atoms with E-state index in [0.29, 0.717) is 5.75 Å². The normalized spacial score (nSPS) is 23.5. The van der Waals surface area contributed by atoms with Crippen molar-refractivity contribution >= 4 is 17.7 Å². The average Bonchev–Trinajstić information content (AvgIpc) is 2.78. The molecule has 18 heavy (non-hydrogen) atoms. The number of hydrogen-bond acceptors (Lipinski definition) is 4. The van der Waals surface area contributed by atoms with E-state index < -0.39 is 12.0 Å². The highest BCUT2D eigenvalue weighted by atomic mass is 32.2. The van der Waals surface area contributed by atoms with Gasteiger partial charge >= 0.3 is 5.97 Å². The SMILES string of the molecule is CN(C)Cc1ccc(C2NC(C(=O)O)CS2)cc1. The van der Waals surface area contributed by atoms with Gasteiger partial charge in [0.2, 0.25) is 0 Å². The molecular weight excluding hydrogens is 248 g/mol. The smallest absolute Gasteiger partial charge is 0.321 e. The van der Waals surface area contributed by atoms with Crippen LogP contribution >= 0.6 is 11.8 Å². The van der Waals surface area contributed by atoms with Crippen LogP contribution in [0.1, 0.15) is 16.5 Å². The van der Waals surface area contributed by atoms with Crippen molar-refractivity contribution in [3.63, 3.8) is 0 Å².